The minimum Gasteiger partial charge on any atom is -0.456 e. The Kier molecular flexibility index (Phi) is 8.75. The number of rotatable bonds is 8. The zero-order chi connectivity index (χ0) is 30.0. The van der Waals surface area contributed by atoms with E-state index in [0.29, 0.717) is 46.0 Å². The first kappa shape index (κ1) is 29.8. The Balaban J connectivity index is 1.29. The molecule has 42 heavy (non-hydrogen) atoms. The maximum Gasteiger partial charge on any atom is 0.228 e. The van der Waals surface area contributed by atoms with Crippen LogP contribution in [0.5, 0.6) is 11.5 Å². The Bertz CT molecular complexity index is 1620. The van der Waals surface area contributed by atoms with E-state index < -0.39 is 22.2 Å². The molecule has 10 heteroatoms. The van der Waals surface area contributed by atoms with Crippen molar-refractivity contribution in [3.8, 4) is 11.5 Å². The van der Waals surface area contributed by atoms with Gasteiger partial charge in [0.05, 0.1) is 45.4 Å². The summed E-state index contributed by atoms with van der Waals surface area (Å²) in [6.45, 7) is 11.9. The van der Waals surface area contributed by atoms with E-state index >= 15 is 0 Å². The van der Waals surface area contributed by atoms with E-state index in [4.69, 9.17) is 4.74 Å². The molecule has 3 unspecified atom stereocenters. The van der Waals surface area contributed by atoms with Gasteiger partial charge >= 0.3 is 0 Å². The summed E-state index contributed by atoms with van der Waals surface area (Å²) < 4.78 is 36.4. The smallest absolute Gasteiger partial charge is 0.228 e. The fourth-order valence-electron chi connectivity index (χ4n) is 5.16. The average molecular weight is 592 g/mol. The molecule has 0 aliphatic carbocycles. The van der Waals surface area contributed by atoms with Crippen molar-refractivity contribution in [2.75, 3.05) is 25.0 Å². The van der Waals surface area contributed by atoms with Crippen LogP contribution in [-0.2, 0) is 27.6 Å². The molecule has 5 rings (SSSR count). The predicted octanol–water partition coefficient (Wildman–Crippen LogP) is 6.01. The highest BCUT2D eigenvalue weighted by molar-refractivity contribution is 7.85. The molecule has 3 atom stereocenters. The summed E-state index contributed by atoms with van der Waals surface area (Å²) in [5.74, 6) is 1.08. The van der Waals surface area contributed by atoms with Crippen molar-refractivity contribution in [3.63, 3.8) is 0 Å². The summed E-state index contributed by atoms with van der Waals surface area (Å²) >= 11 is 0. The summed E-state index contributed by atoms with van der Waals surface area (Å²) in [5, 5.41) is 7.42. The quantitative estimate of drug-likeness (QED) is 0.270. The molecular formula is C32H38FN5O3S. The van der Waals surface area contributed by atoms with E-state index in [1.807, 2.05) is 75.8 Å². The van der Waals surface area contributed by atoms with Crippen LogP contribution < -0.4 is 10.1 Å². The van der Waals surface area contributed by atoms with Crippen LogP contribution in [0.2, 0.25) is 0 Å². The Hall–Kier alpha value is -3.63. The number of alkyl halides is 1. The summed E-state index contributed by atoms with van der Waals surface area (Å²) in [6.07, 6.45) is 4.77. The number of aromatic nitrogens is 3. The van der Waals surface area contributed by atoms with Crippen molar-refractivity contribution >= 4 is 33.3 Å². The highest BCUT2D eigenvalue weighted by atomic mass is 32.2. The van der Waals surface area contributed by atoms with Crippen LogP contribution >= 0.6 is 0 Å². The van der Waals surface area contributed by atoms with E-state index in [9.17, 15) is 13.4 Å². The monoisotopic (exact) mass is 591 g/mol. The normalized spacial score (nSPS) is 18.6. The van der Waals surface area contributed by atoms with E-state index in [-0.39, 0.29) is 17.9 Å². The topological polar surface area (TPSA) is 89.3 Å². The molecule has 2 aromatic heterocycles. The number of likely N-dealkylation sites (tertiary alicyclic amines) is 1. The number of nitrogens with one attached hydrogen (secondary N) is 1. The van der Waals surface area contributed by atoms with Crippen LogP contribution in [0.25, 0.3) is 10.9 Å². The lowest BCUT2D eigenvalue weighted by Crippen LogP contribution is -2.46. The summed E-state index contributed by atoms with van der Waals surface area (Å²) in [5.41, 5.74) is 2.91. The van der Waals surface area contributed by atoms with Crippen LogP contribution in [0.3, 0.4) is 0 Å². The summed E-state index contributed by atoms with van der Waals surface area (Å²) in [6, 6.07) is 12.8. The van der Waals surface area contributed by atoms with Gasteiger partial charge in [-0.3, -0.25) is 18.7 Å². The van der Waals surface area contributed by atoms with Crippen LogP contribution in [0, 0.1) is 6.92 Å². The van der Waals surface area contributed by atoms with Crippen LogP contribution in [-0.4, -0.2) is 60.8 Å². The van der Waals surface area contributed by atoms with Crippen molar-refractivity contribution in [3.05, 3.63) is 72.2 Å². The Labute approximate surface area is 248 Å². The van der Waals surface area contributed by atoms with Crippen LogP contribution in [0.1, 0.15) is 45.2 Å². The van der Waals surface area contributed by atoms with Gasteiger partial charge in [-0.25, -0.2) is 4.39 Å². The Morgan fingerprint density at radius 2 is 1.98 bits per heavy atom. The number of hydrogen-bond acceptors (Lipinski definition) is 6. The van der Waals surface area contributed by atoms with E-state index in [2.05, 4.69) is 20.3 Å². The van der Waals surface area contributed by atoms with Gasteiger partial charge in [0.15, 0.2) is 0 Å². The standard InChI is InChI=1S/C32H38FN5O3S/c1-6-37-14-12-30(26(33)20-37)42(40)24-8-9-27-25(17-24)29(11-13-34-27)41-28-10-7-22(15-21(28)2)16-31(39)36-23-18-35-38(19-23)32(3,4)5/h7-11,13,15,17-19,26,30H,6,12,14,16,20H2,1-5H3,(H,36,39). The van der Waals surface area contributed by atoms with Crippen molar-refractivity contribution in [2.24, 2.45) is 0 Å². The molecule has 222 valence electrons. The number of anilines is 1. The molecule has 0 bridgehead atoms. The minimum atomic E-state index is -1.49. The number of benzene rings is 2. The van der Waals surface area contributed by atoms with Gasteiger partial charge in [-0.15, -0.1) is 0 Å². The van der Waals surface area contributed by atoms with Crippen molar-refractivity contribution in [1.82, 2.24) is 19.7 Å². The van der Waals surface area contributed by atoms with E-state index in [1.54, 1.807) is 24.5 Å². The molecule has 1 aliphatic heterocycles. The molecule has 8 nitrogen and oxygen atoms in total. The van der Waals surface area contributed by atoms with Gasteiger partial charge in [0.25, 0.3) is 0 Å². The highest BCUT2D eigenvalue weighted by Gasteiger charge is 2.33. The number of halogens is 1. The fraction of sp³-hybridized carbons (Fsp3) is 0.406. The fourth-order valence-corrected chi connectivity index (χ4v) is 6.62. The zero-order valence-electron chi connectivity index (χ0n) is 24.8. The minimum absolute atomic E-state index is 0.131. The molecule has 4 aromatic rings. The number of hydrogen-bond donors (Lipinski definition) is 1. The second-order valence-corrected chi connectivity index (χ2v) is 13.5. The summed E-state index contributed by atoms with van der Waals surface area (Å²) in [4.78, 5) is 19.8. The van der Waals surface area contributed by atoms with Gasteiger partial charge in [-0.05, 0) is 88.7 Å². The summed E-state index contributed by atoms with van der Waals surface area (Å²) in [7, 11) is -1.49. The molecule has 1 saturated heterocycles. The van der Waals surface area contributed by atoms with Gasteiger partial charge < -0.3 is 15.0 Å². The Morgan fingerprint density at radius 3 is 2.67 bits per heavy atom. The molecule has 0 spiro atoms. The molecular weight excluding hydrogens is 553 g/mol. The highest BCUT2D eigenvalue weighted by Crippen LogP contribution is 2.33. The van der Waals surface area contributed by atoms with Gasteiger partial charge in [-0.1, -0.05) is 19.1 Å². The lowest BCUT2D eigenvalue weighted by atomic mass is 10.1. The number of amides is 1. The first-order valence-electron chi connectivity index (χ1n) is 14.3. The van der Waals surface area contributed by atoms with Crippen molar-refractivity contribution in [1.29, 1.82) is 0 Å². The van der Waals surface area contributed by atoms with E-state index in [1.165, 1.54) is 0 Å². The molecule has 0 radical (unpaired) electrons. The number of carbonyl (C=O) groups is 1. The second kappa shape index (κ2) is 12.3. The number of pyridine rings is 1. The molecule has 3 heterocycles. The van der Waals surface area contributed by atoms with Gasteiger partial charge in [0, 0.05) is 29.2 Å². The zero-order valence-corrected chi connectivity index (χ0v) is 25.6. The SMILES string of the molecule is CCN1CCC(S(=O)c2ccc3nccc(Oc4ccc(CC(=O)Nc5cnn(C(C)(C)C)c5)cc4C)c3c2)C(F)C1. The van der Waals surface area contributed by atoms with Crippen molar-refractivity contribution < 1.29 is 18.1 Å². The average Bonchev–Trinajstić information content (AvgIpc) is 3.43. The molecule has 1 aliphatic rings. The third-order valence-electron chi connectivity index (χ3n) is 7.57. The third-order valence-corrected chi connectivity index (χ3v) is 9.37. The van der Waals surface area contributed by atoms with Crippen LogP contribution in [0.15, 0.2) is 66.0 Å². The van der Waals surface area contributed by atoms with E-state index in [0.717, 1.165) is 24.2 Å². The van der Waals surface area contributed by atoms with Gasteiger partial charge in [0.2, 0.25) is 5.91 Å². The number of ether oxygens (including phenoxy) is 1. The number of fused-ring (bicyclic) bond motifs is 1. The lowest BCUT2D eigenvalue weighted by Gasteiger charge is -2.33. The number of piperidine rings is 1. The maximum absolute atomic E-state index is 14.9. The lowest BCUT2D eigenvalue weighted by molar-refractivity contribution is -0.115. The molecule has 1 fully saturated rings. The second-order valence-electron chi connectivity index (χ2n) is 11.8. The third kappa shape index (κ3) is 6.71. The van der Waals surface area contributed by atoms with Gasteiger partial charge in [0.1, 0.15) is 17.7 Å². The first-order valence-corrected chi connectivity index (χ1v) is 15.5. The van der Waals surface area contributed by atoms with Crippen LogP contribution in [0.4, 0.5) is 10.1 Å². The Morgan fingerprint density at radius 1 is 1.17 bits per heavy atom. The number of carbonyl (C=O) groups excluding carboxylic acids is 1. The molecule has 1 amide bonds. The number of nitrogens with zero attached hydrogens (tertiary/aromatic N) is 4. The van der Waals surface area contributed by atoms with Crippen molar-refractivity contribution in [2.45, 2.75) is 69.3 Å². The molecule has 2 aromatic carbocycles. The largest absolute Gasteiger partial charge is 0.456 e. The van der Waals surface area contributed by atoms with Gasteiger partial charge in [-0.2, -0.15) is 5.10 Å². The maximum atomic E-state index is 14.9. The first-order chi connectivity index (χ1) is 20.0. The molecule has 1 N–H and O–H groups in total. The molecule has 0 saturated carbocycles. The predicted molar refractivity (Wildman–Crippen MR) is 164 cm³/mol. The number of aryl methyl sites for hydroxylation is 1.